The second-order valence-electron chi connectivity index (χ2n) is 9.16. The van der Waals surface area contributed by atoms with E-state index in [1.54, 1.807) is 12.1 Å². The highest BCUT2D eigenvalue weighted by molar-refractivity contribution is 5.95. The molecule has 1 saturated heterocycles. The Balaban J connectivity index is 2.34. The van der Waals surface area contributed by atoms with E-state index >= 15 is 0 Å². The summed E-state index contributed by atoms with van der Waals surface area (Å²) in [5.74, 6) is 0.0552. The molecule has 26 heavy (non-hydrogen) atoms. The molecule has 1 atom stereocenters. The van der Waals surface area contributed by atoms with Gasteiger partial charge in [-0.05, 0) is 29.4 Å². The fourth-order valence-electron chi connectivity index (χ4n) is 3.26. The number of carbonyl (C=O) groups is 2. The van der Waals surface area contributed by atoms with Gasteiger partial charge in [-0.25, -0.2) is 4.79 Å². The first-order valence-electron chi connectivity index (χ1n) is 9.04. The molecule has 6 nitrogen and oxygen atoms in total. The van der Waals surface area contributed by atoms with Gasteiger partial charge in [-0.3, -0.25) is 4.79 Å². The first kappa shape index (κ1) is 20.1. The summed E-state index contributed by atoms with van der Waals surface area (Å²) in [4.78, 5) is 25.6. The van der Waals surface area contributed by atoms with E-state index in [1.165, 1.54) is 4.90 Å². The molecule has 1 aromatic rings. The van der Waals surface area contributed by atoms with Crippen LogP contribution in [-0.2, 0) is 10.8 Å². The third kappa shape index (κ3) is 4.29. The van der Waals surface area contributed by atoms with Crippen LogP contribution in [0.2, 0.25) is 0 Å². The van der Waals surface area contributed by atoms with Crippen LogP contribution in [0.4, 0.5) is 4.79 Å². The third-order valence-corrected chi connectivity index (χ3v) is 4.82. The first-order chi connectivity index (χ1) is 11.8. The maximum absolute atomic E-state index is 12.8. The minimum Gasteiger partial charge on any atom is -0.507 e. The Morgan fingerprint density at radius 1 is 1.12 bits per heavy atom. The lowest BCUT2D eigenvalue weighted by Gasteiger charge is -2.28. The number of nitrogens with zero attached hydrogens (tertiary/aromatic N) is 1. The summed E-state index contributed by atoms with van der Waals surface area (Å²) >= 11 is 0. The highest BCUT2D eigenvalue weighted by atomic mass is 16.3. The zero-order valence-corrected chi connectivity index (χ0v) is 16.6. The van der Waals surface area contributed by atoms with Gasteiger partial charge in [-0.1, -0.05) is 41.5 Å². The number of rotatable bonds is 2. The molecule has 2 rings (SSSR count). The molecule has 1 aliphatic heterocycles. The molecule has 0 aliphatic carbocycles. The second kappa shape index (κ2) is 6.82. The molecule has 1 aromatic carbocycles. The van der Waals surface area contributed by atoms with Gasteiger partial charge in [0.15, 0.2) is 0 Å². The number of likely N-dealkylation sites (tertiary alicyclic amines) is 1. The van der Waals surface area contributed by atoms with E-state index in [2.05, 4.69) is 5.32 Å². The van der Waals surface area contributed by atoms with Crippen molar-refractivity contribution < 1.29 is 14.7 Å². The minimum absolute atomic E-state index is 0.111. The number of hydrogen-bond acceptors (Lipinski definition) is 3. The maximum atomic E-state index is 12.8. The number of phenols is 1. The topological polar surface area (TPSA) is 95.7 Å². The molecule has 0 radical (unpaired) electrons. The zero-order chi connectivity index (χ0) is 19.9. The number of urea groups is 1. The normalized spacial score (nSPS) is 18.1. The lowest BCUT2D eigenvalue weighted by Crippen LogP contribution is -2.40. The van der Waals surface area contributed by atoms with Gasteiger partial charge in [0, 0.05) is 35.8 Å². The van der Waals surface area contributed by atoms with Gasteiger partial charge in [0.1, 0.15) is 5.75 Å². The number of amides is 3. The molecule has 1 aliphatic rings. The van der Waals surface area contributed by atoms with Crippen molar-refractivity contribution in [3.8, 4) is 5.75 Å². The van der Waals surface area contributed by atoms with E-state index < -0.39 is 6.03 Å². The Morgan fingerprint density at radius 2 is 1.62 bits per heavy atom. The monoisotopic (exact) mass is 361 g/mol. The average Bonchev–Trinajstić information content (AvgIpc) is 2.93. The van der Waals surface area contributed by atoms with E-state index in [-0.39, 0.29) is 28.5 Å². The predicted molar refractivity (Wildman–Crippen MR) is 103 cm³/mol. The fraction of sp³-hybridized carbons (Fsp3) is 0.600. The van der Waals surface area contributed by atoms with Gasteiger partial charge in [-0.2, -0.15) is 0 Å². The number of benzene rings is 1. The summed E-state index contributed by atoms with van der Waals surface area (Å²) in [6.45, 7) is 13.1. The summed E-state index contributed by atoms with van der Waals surface area (Å²) in [6.07, 6.45) is 0.686. The van der Waals surface area contributed by atoms with Gasteiger partial charge >= 0.3 is 6.03 Å². The summed E-state index contributed by atoms with van der Waals surface area (Å²) < 4.78 is 0. The van der Waals surface area contributed by atoms with Crippen LogP contribution in [0.5, 0.6) is 5.75 Å². The van der Waals surface area contributed by atoms with E-state index in [1.807, 2.05) is 41.5 Å². The summed E-state index contributed by atoms with van der Waals surface area (Å²) in [6, 6.07) is 2.96. The number of carbonyl (C=O) groups excluding carboxylic acids is 2. The number of nitrogens with one attached hydrogen (secondary N) is 1. The molecule has 1 heterocycles. The fourth-order valence-corrected chi connectivity index (χ4v) is 3.26. The predicted octanol–water partition coefficient (Wildman–Crippen LogP) is 2.87. The molecule has 1 unspecified atom stereocenters. The quantitative estimate of drug-likeness (QED) is 0.756. The van der Waals surface area contributed by atoms with Gasteiger partial charge in [0.25, 0.3) is 5.91 Å². The zero-order valence-electron chi connectivity index (χ0n) is 16.6. The molecule has 0 aromatic heterocycles. The highest BCUT2D eigenvalue weighted by Gasteiger charge is 2.30. The molecule has 0 bridgehead atoms. The van der Waals surface area contributed by atoms with Crippen LogP contribution < -0.4 is 11.1 Å². The molecular weight excluding hydrogens is 330 g/mol. The van der Waals surface area contributed by atoms with Gasteiger partial charge in [0.2, 0.25) is 0 Å². The second-order valence-corrected chi connectivity index (χ2v) is 9.16. The number of primary amides is 1. The average molecular weight is 361 g/mol. The van der Waals surface area contributed by atoms with Crippen LogP contribution in [-0.4, -0.2) is 41.1 Å². The van der Waals surface area contributed by atoms with Crippen molar-refractivity contribution in [3.63, 3.8) is 0 Å². The van der Waals surface area contributed by atoms with Gasteiger partial charge < -0.3 is 21.1 Å². The Bertz CT molecular complexity index is 679. The standard InChI is InChI=1S/C20H31N3O3/c1-19(2,3)14-9-12(10-15(16(14)24)20(4,5)6)17(25)22-13-7-8-23(11-13)18(21)26/h9-10,13,24H,7-8,11H2,1-6H3,(H2,21,26)(H,22,25). The van der Waals surface area contributed by atoms with Crippen molar-refractivity contribution in [2.45, 2.75) is 64.8 Å². The molecule has 1 fully saturated rings. The van der Waals surface area contributed by atoms with E-state index in [0.717, 1.165) is 11.1 Å². The lowest BCUT2D eigenvalue weighted by molar-refractivity contribution is 0.0937. The van der Waals surface area contributed by atoms with Crippen molar-refractivity contribution in [3.05, 3.63) is 28.8 Å². The van der Waals surface area contributed by atoms with Crippen molar-refractivity contribution in [1.29, 1.82) is 0 Å². The van der Waals surface area contributed by atoms with E-state index in [9.17, 15) is 14.7 Å². The van der Waals surface area contributed by atoms with Crippen molar-refractivity contribution in [2.75, 3.05) is 13.1 Å². The molecule has 144 valence electrons. The largest absolute Gasteiger partial charge is 0.507 e. The van der Waals surface area contributed by atoms with Crippen LogP contribution >= 0.6 is 0 Å². The van der Waals surface area contributed by atoms with Crippen LogP contribution in [0.25, 0.3) is 0 Å². The van der Waals surface area contributed by atoms with Crippen LogP contribution in [0.15, 0.2) is 12.1 Å². The smallest absolute Gasteiger partial charge is 0.314 e. The van der Waals surface area contributed by atoms with E-state index in [0.29, 0.717) is 25.1 Å². The Morgan fingerprint density at radius 3 is 2.00 bits per heavy atom. The molecule has 0 saturated carbocycles. The number of aromatic hydroxyl groups is 1. The summed E-state index contributed by atoms with van der Waals surface area (Å²) in [5, 5.41) is 13.7. The van der Waals surface area contributed by atoms with E-state index in [4.69, 9.17) is 5.73 Å². The Labute approximate surface area is 155 Å². The molecule has 3 amide bonds. The van der Waals surface area contributed by atoms with Crippen molar-refractivity contribution in [1.82, 2.24) is 10.2 Å². The Hall–Kier alpha value is -2.24. The Kier molecular flexibility index (Phi) is 5.26. The lowest BCUT2D eigenvalue weighted by atomic mass is 9.78. The van der Waals surface area contributed by atoms with Crippen LogP contribution in [0.3, 0.4) is 0 Å². The third-order valence-electron chi connectivity index (χ3n) is 4.82. The number of nitrogens with two attached hydrogens (primary N) is 1. The van der Waals surface area contributed by atoms with Crippen LogP contribution in [0, 0.1) is 0 Å². The van der Waals surface area contributed by atoms with Crippen molar-refractivity contribution in [2.24, 2.45) is 5.73 Å². The maximum Gasteiger partial charge on any atom is 0.314 e. The SMILES string of the molecule is CC(C)(C)c1cc(C(=O)NC2CCN(C(N)=O)C2)cc(C(C)(C)C)c1O. The van der Waals surface area contributed by atoms with Gasteiger partial charge in [0.05, 0.1) is 0 Å². The summed E-state index contributed by atoms with van der Waals surface area (Å²) in [7, 11) is 0. The molecular formula is C20H31N3O3. The minimum atomic E-state index is -0.462. The highest BCUT2D eigenvalue weighted by Crippen LogP contribution is 2.39. The first-order valence-corrected chi connectivity index (χ1v) is 9.04. The van der Waals surface area contributed by atoms with Crippen molar-refractivity contribution >= 4 is 11.9 Å². The van der Waals surface area contributed by atoms with Crippen LogP contribution in [0.1, 0.15) is 69.4 Å². The number of phenolic OH excluding ortho intramolecular Hbond substituents is 1. The molecule has 4 N–H and O–H groups in total. The molecule has 6 heteroatoms. The molecule has 0 spiro atoms. The number of hydrogen-bond donors (Lipinski definition) is 3. The summed E-state index contributed by atoms with van der Waals surface area (Å²) in [5.41, 5.74) is 6.73. The van der Waals surface area contributed by atoms with Gasteiger partial charge in [-0.15, -0.1) is 0 Å².